The van der Waals surface area contributed by atoms with E-state index in [2.05, 4.69) is 49.0 Å². The lowest BCUT2D eigenvalue weighted by atomic mass is 10.2. The topological polar surface area (TPSA) is 63.8 Å². The molecule has 0 fully saturated rings. The minimum absolute atomic E-state index is 0.340. The second-order valence-electron chi connectivity index (χ2n) is 5.38. The van der Waals surface area contributed by atoms with Gasteiger partial charge in [0.1, 0.15) is 17.3 Å². The van der Waals surface area contributed by atoms with Gasteiger partial charge in [0.2, 0.25) is 0 Å². The van der Waals surface area contributed by atoms with Crippen molar-refractivity contribution >= 4 is 62.2 Å². The van der Waals surface area contributed by atoms with E-state index in [1.165, 1.54) is 6.21 Å². The van der Waals surface area contributed by atoms with Gasteiger partial charge in [0.25, 0.3) is 5.91 Å². The molecule has 0 unspecified atom stereocenters. The van der Waals surface area contributed by atoms with Crippen LogP contribution in [0.25, 0.3) is 11.3 Å². The van der Waals surface area contributed by atoms with E-state index in [1.54, 1.807) is 37.4 Å². The van der Waals surface area contributed by atoms with Gasteiger partial charge in [0.15, 0.2) is 0 Å². The van der Waals surface area contributed by atoms with E-state index < -0.39 is 0 Å². The summed E-state index contributed by atoms with van der Waals surface area (Å²) in [5, 5.41) is 4.54. The molecule has 8 heteroatoms. The summed E-state index contributed by atoms with van der Waals surface area (Å²) in [6.07, 6.45) is 1.44. The molecule has 0 aliphatic rings. The number of rotatable bonds is 5. The van der Waals surface area contributed by atoms with Crippen LogP contribution in [-0.2, 0) is 0 Å². The number of amides is 1. The number of furan rings is 1. The van der Waals surface area contributed by atoms with E-state index in [9.17, 15) is 4.79 Å². The molecular formula is C19H13BrClIN2O3. The molecule has 1 N–H and O–H groups in total. The van der Waals surface area contributed by atoms with E-state index in [4.69, 9.17) is 20.8 Å². The van der Waals surface area contributed by atoms with Crippen LogP contribution in [0.1, 0.15) is 16.1 Å². The third-order valence-corrected chi connectivity index (χ3v) is 5.73. The number of carbonyl (C=O) groups excluding carboxylic acids is 1. The van der Waals surface area contributed by atoms with Gasteiger partial charge in [-0.15, -0.1) is 0 Å². The van der Waals surface area contributed by atoms with E-state index in [0.717, 1.165) is 13.6 Å². The molecule has 3 rings (SSSR count). The smallest absolute Gasteiger partial charge is 0.271 e. The molecule has 0 saturated carbocycles. The van der Waals surface area contributed by atoms with Crippen molar-refractivity contribution < 1.29 is 13.9 Å². The number of hydrogen-bond acceptors (Lipinski definition) is 4. The van der Waals surface area contributed by atoms with Crippen LogP contribution in [0.3, 0.4) is 0 Å². The van der Waals surface area contributed by atoms with Gasteiger partial charge < -0.3 is 9.15 Å². The average molecular weight is 560 g/mol. The quantitative estimate of drug-likeness (QED) is 0.246. The number of nitrogens with zero attached hydrogens (tertiary/aromatic N) is 1. The molecule has 3 aromatic rings. The Kier molecular flexibility index (Phi) is 6.56. The Morgan fingerprint density at radius 3 is 2.81 bits per heavy atom. The number of carbonyl (C=O) groups is 1. The first kappa shape index (κ1) is 19.9. The fourth-order valence-corrected chi connectivity index (χ4v) is 3.23. The van der Waals surface area contributed by atoms with Crippen LogP contribution in [0.2, 0.25) is 5.02 Å². The summed E-state index contributed by atoms with van der Waals surface area (Å²) in [5.74, 6) is 1.45. The molecular weight excluding hydrogens is 546 g/mol. The van der Waals surface area contributed by atoms with Gasteiger partial charge in [-0.1, -0.05) is 17.7 Å². The van der Waals surface area contributed by atoms with Crippen molar-refractivity contribution in [2.75, 3.05) is 7.11 Å². The molecule has 138 valence electrons. The fourth-order valence-electron chi connectivity index (χ4n) is 2.25. The van der Waals surface area contributed by atoms with E-state index in [0.29, 0.717) is 27.9 Å². The summed E-state index contributed by atoms with van der Waals surface area (Å²) in [4.78, 5) is 12.2. The van der Waals surface area contributed by atoms with E-state index in [-0.39, 0.29) is 5.91 Å². The van der Waals surface area contributed by atoms with Gasteiger partial charge >= 0.3 is 0 Å². The zero-order chi connectivity index (χ0) is 19.4. The Bertz CT molecular complexity index is 1020. The predicted octanol–water partition coefficient (Wildman–Crippen LogP) is 5.74. The summed E-state index contributed by atoms with van der Waals surface area (Å²) >= 11 is 11.6. The van der Waals surface area contributed by atoms with Crippen LogP contribution in [0.4, 0.5) is 0 Å². The van der Waals surface area contributed by atoms with Crippen molar-refractivity contribution in [1.29, 1.82) is 0 Å². The molecule has 0 spiro atoms. The van der Waals surface area contributed by atoms with Gasteiger partial charge in [0, 0.05) is 15.6 Å². The van der Waals surface area contributed by atoms with Crippen LogP contribution < -0.4 is 10.2 Å². The minimum Gasteiger partial charge on any atom is -0.496 e. The maximum atomic E-state index is 12.2. The summed E-state index contributed by atoms with van der Waals surface area (Å²) in [7, 11) is 1.56. The molecule has 0 radical (unpaired) electrons. The van der Waals surface area contributed by atoms with Gasteiger partial charge in [0.05, 0.1) is 21.9 Å². The van der Waals surface area contributed by atoms with E-state index in [1.807, 2.05) is 18.2 Å². The summed E-state index contributed by atoms with van der Waals surface area (Å²) < 4.78 is 12.7. The van der Waals surface area contributed by atoms with Gasteiger partial charge in [-0.2, -0.15) is 5.10 Å². The van der Waals surface area contributed by atoms with Crippen molar-refractivity contribution in [3.63, 3.8) is 0 Å². The maximum absolute atomic E-state index is 12.2. The number of benzene rings is 2. The highest BCUT2D eigenvalue weighted by Crippen LogP contribution is 2.29. The fraction of sp³-hybridized carbons (Fsp3) is 0.0526. The SMILES string of the molecule is COc1cc(C(=O)N/N=C\c2ccc(-c3ccc(Br)c(Cl)c3)o2)ccc1I. The first-order valence-corrected chi connectivity index (χ1v) is 9.95. The van der Waals surface area contributed by atoms with Crippen LogP contribution in [0.15, 0.2) is 62.5 Å². The van der Waals surface area contributed by atoms with Crippen LogP contribution >= 0.6 is 50.1 Å². The van der Waals surface area contributed by atoms with Crippen LogP contribution in [0.5, 0.6) is 5.75 Å². The Morgan fingerprint density at radius 1 is 1.26 bits per heavy atom. The lowest BCUT2D eigenvalue weighted by molar-refractivity contribution is 0.0954. The second-order valence-corrected chi connectivity index (χ2v) is 7.80. The molecule has 1 heterocycles. The summed E-state index contributed by atoms with van der Waals surface area (Å²) in [5.41, 5.74) is 3.77. The van der Waals surface area contributed by atoms with Crippen molar-refractivity contribution in [2.45, 2.75) is 0 Å². The maximum Gasteiger partial charge on any atom is 0.271 e. The lowest BCUT2D eigenvalue weighted by Gasteiger charge is -2.05. The average Bonchev–Trinajstić information content (AvgIpc) is 3.13. The second kappa shape index (κ2) is 8.90. The zero-order valence-electron chi connectivity index (χ0n) is 14.0. The third-order valence-electron chi connectivity index (χ3n) is 3.60. The van der Waals surface area contributed by atoms with Gasteiger partial charge in [-0.3, -0.25) is 4.79 Å². The van der Waals surface area contributed by atoms with Crippen molar-refractivity contribution in [3.05, 3.63) is 72.9 Å². The van der Waals surface area contributed by atoms with Crippen molar-refractivity contribution in [3.8, 4) is 17.1 Å². The van der Waals surface area contributed by atoms with Gasteiger partial charge in [-0.05, 0) is 81.0 Å². The lowest BCUT2D eigenvalue weighted by Crippen LogP contribution is -2.17. The number of hydrazone groups is 1. The zero-order valence-corrected chi connectivity index (χ0v) is 18.5. The molecule has 0 bridgehead atoms. The van der Waals surface area contributed by atoms with Crippen LogP contribution in [0, 0.1) is 3.57 Å². The monoisotopic (exact) mass is 558 g/mol. The number of halogens is 3. The Morgan fingerprint density at radius 2 is 2.07 bits per heavy atom. The predicted molar refractivity (Wildman–Crippen MR) is 118 cm³/mol. The van der Waals surface area contributed by atoms with Crippen molar-refractivity contribution in [2.24, 2.45) is 5.10 Å². The molecule has 2 aromatic carbocycles. The minimum atomic E-state index is -0.340. The van der Waals surface area contributed by atoms with E-state index >= 15 is 0 Å². The first-order chi connectivity index (χ1) is 13.0. The molecule has 5 nitrogen and oxygen atoms in total. The van der Waals surface area contributed by atoms with Crippen LogP contribution in [-0.4, -0.2) is 19.2 Å². The molecule has 1 aromatic heterocycles. The highest BCUT2D eigenvalue weighted by Gasteiger charge is 2.09. The highest BCUT2D eigenvalue weighted by molar-refractivity contribution is 14.1. The Hall–Kier alpha value is -1.84. The normalized spacial score (nSPS) is 11.0. The highest BCUT2D eigenvalue weighted by atomic mass is 127. The Balaban J connectivity index is 1.67. The third kappa shape index (κ3) is 4.91. The number of methoxy groups -OCH3 is 1. The van der Waals surface area contributed by atoms with Gasteiger partial charge in [-0.25, -0.2) is 5.43 Å². The first-order valence-electron chi connectivity index (χ1n) is 7.70. The standard InChI is InChI=1S/C19H13BrClIN2O3/c1-26-18-9-12(3-6-16(18)22)19(25)24-23-10-13-4-7-17(27-13)11-2-5-14(20)15(21)8-11/h2-10H,1H3,(H,24,25)/b23-10-. The Labute approximate surface area is 183 Å². The molecule has 0 aliphatic heterocycles. The molecule has 1 amide bonds. The summed E-state index contributed by atoms with van der Waals surface area (Å²) in [6.45, 7) is 0. The van der Waals surface area contributed by atoms with Crippen molar-refractivity contribution in [1.82, 2.24) is 5.43 Å². The molecule has 0 atom stereocenters. The molecule has 0 aliphatic carbocycles. The molecule has 27 heavy (non-hydrogen) atoms. The molecule has 0 saturated heterocycles. The number of hydrogen-bond donors (Lipinski definition) is 1. The number of nitrogens with one attached hydrogen (secondary N) is 1. The largest absolute Gasteiger partial charge is 0.496 e. The summed E-state index contributed by atoms with van der Waals surface area (Å²) in [6, 6.07) is 14.3. The number of ether oxygens (including phenoxy) is 1.